The zero-order valence-corrected chi connectivity index (χ0v) is 13.5. The highest BCUT2D eigenvalue weighted by atomic mass is 16.7. The van der Waals surface area contributed by atoms with Crippen molar-refractivity contribution in [3.8, 4) is 0 Å². The van der Waals surface area contributed by atoms with Crippen LogP contribution in [-0.2, 0) is 14.2 Å². The van der Waals surface area contributed by atoms with Crippen LogP contribution in [0.15, 0.2) is 12.2 Å². The Morgan fingerprint density at radius 1 is 1.00 bits per heavy atom. The molecule has 1 aliphatic heterocycles. The highest BCUT2D eigenvalue weighted by Gasteiger charge is 2.39. The Bertz CT molecular complexity index is 253. The topological polar surface area (TPSA) is 27.7 Å². The van der Waals surface area contributed by atoms with Crippen molar-refractivity contribution in [3.63, 3.8) is 0 Å². The van der Waals surface area contributed by atoms with Gasteiger partial charge in [0.2, 0.25) is 0 Å². The highest BCUT2D eigenvalue weighted by molar-refractivity contribution is 4.89. The maximum atomic E-state index is 6.00. The van der Waals surface area contributed by atoms with Crippen molar-refractivity contribution >= 4 is 0 Å². The molecule has 0 saturated carbocycles. The molecule has 0 aromatic rings. The van der Waals surface area contributed by atoms with E-state index in [0.717, 1.165) is 12.8 Å². The number of unbranched alkanes of at least 4 members (excludes halogenated alkanes) is 5. The fourth-order valence-electron chi connectivity index (χ4n) is 2.67. The van der Waals surface area contributed by atoms with Gasteiger partial charge in [0.25, 0.3) is 0 Å². The van der Waals surface area contributed by atoms with Gasteiger partial charge in [-0.3, -0.25) is 0 Å². The van der Waals surface area contributed by atoms with Gasteiger partial charge in [-0.05, 0) is 20.3 Å². The maximum Gasteiger partial charge on any atom is 0.195 e. The third kappa shape index (κ3) is 5.94. The van der Waals surface area contributed by atoms with Crippen LogP contribution in [0, 0.1) is 0 Å². The van der Waals surface area contributed by atoms with Crippen LogP contribution in [0.2, 0.25) is 0 Å². The maximum absolute atomic E-state index is 6.00. The van der Waals surface area contributed by atoms with Crippen molar-refractivity contribution in [2.45, 2.75) is 77.6 Å². The van der Waals surface area contributed by atoms with Crippen LogP contribution in [0.5, 0.6) is 0 Å². The first-order valence-electron chi connectivity index (χ1n) is 8.29. The van der Waals surface area contributed by atoms with Crippen molar-refractivity contribution in [2.24, 2.45) is 0 Å². The molecule has 0 amide bonds. The molecule has 3 nitrogen and oxygen atoms in total. The molecular weight excluding hydrogens is 252 g/mol. The quantitative estimate of drug-likeness (QED) is 0.438. The highest BCUT2D eigenvalue weighted by Crippen LogP contribution is 2.29. The van der Waals surface area contributed by atoms with Crippen molar-refractivity contribution in [2.75, 3.05) is 19.8 Å². The molecule has 1 rings (SSSR count). The SMILES string of the molecule is CCCCCCCCC1(C(C)OCC)OCC=CCO1. The van der Waals surface area contributed by atoms with Crippen LogP contribution in [-0.4, -0.2) is 31.7 Å². The Kier molecular flexibility index (Phi) is 9.16. The predicted molar refractivity (Wildman–Crippen MR) is 82.9 cm³/mol. The Balaban J connectivity index is 2.41. The molecule has 0 fully saturated rings. The monoisotopic (exact) mass is 284 g/mol. The van der Waals surface area contributed by atoms with E-state index in [-0.39, 0.29) is 6.10 Å². The first-order valence-corrected chi connectivity index (χ1v) is 8.29. The summed E-state index contributed by atoms with van der Waals surface area (Å²) in [6.07, 6.45) is 12.6. The summed E-state index contributed by atoms with van der Waals surface area (Å²) in [4.78, 5) is 0. The molecule has 20 heavy (non-hydrogen) atoms. The van der Waals surface area contributed by atoms with Gasteiger partial charge in [-0.15, -0.1) is 0 Å². The second-order valence-corrected chi connectivity index (χ2v) is 5.52. The second kappa shape index (κ2) is 10.4. The summed E-state index contributed by atoms with van der Waals surface area (Å²) in [5.41, 5.74) is 0. The Hall–Kier alpha value is -0.380. The minimum absolute atomic E-state index is 0.0250. The van der Waals surface area contributed by atoms with Crippen molar-refractivity contribution < 1.29 is 14.2 Å². The van der Waals surface area contributed by atoms with E-state index in [4.69, 9.17) is 14.2 Å². The van der Waals surface area contributed by atoms with Gasteiger partial charge in [0.15, 0.2) is 5.79 Å². The normalized spacial score (nSPS) is 19.8. The summed E-state index contributed by atoms with van der Waals surface area (Å²) in [6.45, 7) is 8.26. The molecule has 3 heteroatoms. The van der Waals surface area contributed by atoms with Gasteiger partial charge in [0, 0.05) is 13.0 Å². The van der Waals surface area contributed by atoms with Gasteiger partial charge in [0.05, 0.1) is 13.2 Å². The summed E-state index contributed by atoms with van der Waals surface area (Å²) in [5.74, 6) is -0.565. The standard InChI is InChI=1S/C17H32O3/c1-4-6-7-8-9-10-13-17(16(3)18-5-2)19-14-11-12-15-20-17/h11-12,16H,4-10,13-15H2,1-3H3. The number of hydrogen-bond acceptors (Lipinski definition) is 3. The summed E-state index contributed by atoms with van der Waals surface area (Å²) < 4.78 is 17.8. The molecule has 0 N–H and O–H groups in total. The first kappa shape index (κ1) is 17.7. The number of hydrogen-bond donors (Lipinski definition) is 0. The summed E-state index contributed by atoms with van der Waals surface area (Å²) in [5, 5.41) is 0. The lowest BCUT2D eigenvalue weighted by Gasteiger charge is -2.37. The molecule has 1 atom stereocenters. The largest absolute Gasteiger partial charge is 0.373 e. The lowest BCUT2D eigenvalue weighted by Crippen LogP contribution is -2.47. The molecule has 1 aliphatic rings. The second-order valence-electron chi connectivity index (χ2n) is 5.52. The number of rotatable bonds is 10. The lowest BCUT2D eigenvalue weighted by atomic mass is 10.0. The molecule has 118 valence electrons. The minimum Gasteiger partial charge on any atom is -0.373 e. The molecule has 0 spiro atoms. The van der Waals surface area contributed by atoms with Gasteiger partial charge < -0.3 is 14.2 Å². The first-order chi connectivity index (χ1) is 9.75. The summed E-state index contributed by atoms with van der Waals surface area (Å²) in [6, 6.07) is 0. The van der Waals surface area contributed by atoms with E-state index in [1.165, 1.54) is 32.1 Å². The average Bonchev–Trinajstić information content (AvgIpc) is 2.69. The van der Waals surface area contributed by atoms with E-state index in [9.17, 15) is 0 Å². The lowest BCUT2D eigenvalue weighted by molar-refractivity contribution is -0.280. The third-order valence-electron chi connectivity index (χ3n) is 3.93. The van der Waals surface area contributed by atoms with Crippen LogP contribution >= 0.6 is 0 Å². The molecule has 0 aromatic heterocycles. The Labute approximate surface area is 124 Å². The van der Waals surface area contributed by atoms with E-state index in [1.807, 2.05) is 19.1 Å². The third-order valence-corrected chi connectivity index (χ3v) is 3.93. The van der Waals surface area contributed by atoms with Gasteiger partial charge in [0.1, 0.15) is 6.10 Å². The molecule has 1 heterocycles. The van der Waals surface area contributed by atoms with Crippen LogP contribution < -0.4 is 0 Å². The molecule has 1 unspecified atom stereocenters. The zero-order valence-electron chi connectivity index (χ0n) is 13.5. The minimum atomic E-state index is -0.565. The van der Waals surface area contributed by atoms with E-state index in [2.05, 4.69) is 13.8 Å². The van der Waals surface area contributed by atoms with Gasteiger partial charge in [-0.25, -0.2) is 0 Å². The van der Waals surface area contributed by atoms with Crippen LogP contribution in [0.4, 0.5) is 0 Å². The summed E-state index contributed by atoms with van der Waals surface area (Å²) in [7, 11) is 0. The zero-order chi connectivity index (χ0) is 14.7. The smallest absolute Gasteiger partial charge is 0.195 e. The predicted octanol–water partition coefficient (Wildman–Crippen LogP) is 4.46. The number of ether oxygens (including phenoxy) is 3. The van der Waals surface area contributed by atoms with Gasteiger partial charge in [-0.1, -0.05) is 51.2 Å². The molecule has 0 radical (unpaired) electrons. The Morgan fingerprint density at radius 2 is 1.60 bits per heavy atom. The van der Waals surface area contributed by atoms with E-state index < -0.39 is 5.79 Å². The molecular formula is C17H32O3. The fraction of sp³-hybridized carbons (Fsp3) is 0.882. The molecule has 0 aromatic carbocycles. The molecule has 0 aliphatic carbocycles. The van der Waals surface area contributed by atoms with Gasteiger partial charge >= 0.3 is 0 Å². The van der Waals surface area contributed by atoms with E-state index in [0.29, 0.717) is 19.8 Å². The van der Waals surface area contributed by atoms with Gasteiger partial charge in [-0.2, -0.15) is 0 Å². The van der Waals surface area contributed by atoms with Crippen molar-refractivity contribution in [1.82, 2.24) is 0 Å². The van der Waals surface area contributed by atoms with E-state index >= 15 is 0 Å². The van der Waals surface area contributed by atoms with E-state index in [1.54, 1.807) is 0 Å². The molecule has 0 bridgehead atoms. The van der Waals surface area contributed by atoms with Crippen LogP contribution in [0.25, 0.3) is 0 Å². The fourth-order valence-corrected chi connectivity index (χ4v) is 2.67. The molecule has 0 saturated heterocycles. The van der Waals surface area contributed by atoms with Crippen LogP contribution in [0.1, 0.15) is 65.7 Å². The summed E-state index contributed by atoms with van der Waals surface area (Å²) >= 11 is 0. The van der Waals surface area contributed by atoms with Crippen molar-refractivity contribution in [1.29, 1.82) is 0 Å². The Morgan fingerprint density at radius 3 is 2.20 bits per heavy atom. The van der Waals surface area contributed by atoms with Crippen molar-refractivity contribution in [3.05, 3.63) is 12.2 Å². The van der Waals surface area contributed by atoms with Crippen LogP contribution in [0.3, 0.4) is 0 Å². The average molecular weight is 284 g/mol.